The van der Waals surface area contributed by atoms with Gasteiger partial charge in [0.2, 0.25) is 5.91 Å². The van der Waals surface area contributed by atoms with Crippen molar-refractivity contribution in [3.05, 3.63) is 46.7 Å². The van der Waals surface area contributed by atoms with Crippen molar-refractivity contribution in [3.8, 4) is 0 Å². The highest BCUT2D eigenvalue weighted by atomic mass is 32.1. The number of nitrogens with two attached hydrogens (primary N) is 1. The van der Waals surface area contributed by atoms with Gasteiger partial charge >= 0.3 is 0 Å². The minimum Gasteiger partial charge on any atom is -0.330 e. The number of hydrogen-bond donors (Lipinski definition) is 3. The molecule has 0 bridgehead atoms. The maximum absolute atomic E-state index is 12.0. The summed E-state index contributed by atoms with van der Waals surface area (Å²) < 4.78 is 0. The Balaban J connectivity index is 1.81. The van der Waals surface area contributed by atoms with Gasteiger partial charge in [0.05, 0.1) is 4.88 Å². The second kappa shape index (κ2) is 9.85. The van der Waals surface area contributed by atoms with E-state index in [-0.39, 0.29) is 11.8 Å². The molecule has 6 heteroatoms. The van der Waals surface area contributed by atoms with Crippen LogP contribution in [0.3, 0.4) is 0 Å². The quantitative estimate of drug-likeness (QED) is 0.604. The molecule has 1 heterocycles. The smallest absolute Gasteiger partial charge is 0.265 e. The van der Waals surface area contributed by atoms with Gasteiger partial charge in [-0.2, -0.15) is 0 Å². The number of thiophene rings is 1. The third-order valence-corrected chi connectivity index (χ3v) is 4.38. The number of anilines is 2. The molecule has 1 aromatic heterocycles. The Morgan fingerprint density at radius 3 is 2.42 bits per heavy atom. The average molecular weight is 345 g/mol. The van der Waals surface area contributed by atoms with Crippen molar-refractivity contribution >= 4 is 34.5 Å². The summed E-state index contributed by atoms with van der Waals surface area (Å²) in [5.74, 6) is -0.155. The largest absolute Gasteiger partial charge is 0.330 e. The van der Waals surface area contributed by atoms with E-state index in [1.807, 2.05) is 17.5 Å². The number of amides is 2. The Hall–Kier alpha value is -2.18. The molecular formula is C18H23N3O2S. The van der Waals surface area contributed by atoms with E-state index in [4.69, 9.17) is 5.73 Å². The number of benzene rings is 1. The zero-order chi connectivity index (χ0) is 17.2. The van der Waals surface area contributed by atoms with Crippen molar-refractivity contribution in [1.82, 2.24) is 0 Å². The topological polar surface area (TPSA) is 84.2 Å². The summed E-state index contributed by atoms with van der Waals surface area (Å²) >= 11 is 1.39. The first-order valence-electron chi connectivity index (χ1n) is 8.14. The Bertz CT molecular complexity index is 656. The van der Waals surface area contributed by atoms with Crippen LogP contribution in [0.1, 0.15) is 41.8 Å². The molecule has 0 radical (unpaired) electrons. The first kappa shape index (κ1) is 18.2. The monoisotopic (exact) mass is 345 g/mol. The van der Waals surface area contributed by atoms with E-state index >= 15 is 0 Å². The first-order valence-corrected chi connectivity index (χ1v) is 9.02. The van der Waals surface area contributed by atoms with Crippen LogP contribution in [0.5, 0.6) is 0 Å². The number of carbonyl (C=O) groups excluding carboxylic acids is 2. The number of hydrogen-bond acceptors (Lipinski definition) is 4. The van der Waals surface area contributed by atoms with E-state index in [1.165, 1.54) is 11.3 Å². The van der Waals surface area contributed by atoms with Crippen LogP contribution in [0, 0.1) is 0 Å². The Morgan fingerprint density at radius 1 is 0.958 bits per heavy atom. The molecule has 2 aromatic rings. The molecule has 0 saturated heterocycles. The van der Waals surface area contributed by atoms with E-state index in [9.17, 15) is 9.59 Å². The lowest BCUT2D eigenvalue weighted by Crippen LogP contribution is -2.13. The third-order valence-electron chi connectivity index (χ3n) is 3.51. The molecule has 2 rings (SSSR count). The van der Waals surface area contributed by atoms with Crippen LogP contribution < -0.4 is 16.4 Å². The van der Waals surface area contributed by atoms with Crippen LogP contribution in [0.4, 0.5) is 11.4 Å². The fourth-order valence-electron chi connectivity index (χ4n) is 2.28. The summed E-state index contributed by atoms with van der Waals surface area (Å²) in [7, 11) is 0. The predicted octanol–water partition coefficient (Wildman–Crippen LogP) is 3.85. The molecule has 1 aromatic carbocycles. The van der Waals surface area contributed by atoms with Gasteiger partial charge in [-0.3, -0.25) is 9.59 Å². The molecule has 0 spiro atoms. The van der Waals surface area contributed by atoms with E-state index in [2.05, 4.69) is 10.6 Å². The maximum atomic E-state index is 12.0. The highest BCUT2D eigenvalue weighted by Gasteiger charge is 2.08. The molecule has 24 heavy (non-hydrogen) atoms. The second-order valence-electron chi connectivity index (χ2n) is 5.51. The summed E-state index contributed by atoms with van der Waals surface area (Å²) in [4.78, 5) is 24.6. The van der Waals surface area contributed by atoms with Crippen molar-refractivity contribution in [2.45, 2.75) is 32.1 Å². The summed E-state index contributed by atoms with van der Waals surface area (Å²) in [6.07, 6.45) is 4.44. The van der Waals surface area contributed by atoms with Crippen LogP contribution >= 0.6 is 11.3 Å². The predicted molar refractivity (Wildman–Crippen MR) is 99.5 cm³/mol. The number of unbranched alkanes of at least 4 members (excludes halogenated alkanes) is 3. The van der Waals surface area contributed by atoms with Crippen molar-refractivity contribution < 1.29 is 9.59 Å². The average Bonchev–Trinajstić information content (AvgIpc) is 3.09. The van der Waals surface area contributed by atoms with Crippen LogP contribution in [0.2, 0.25) is 0 Å². The van der Waals surface area contributed by atoms with Gasteiger partial charge in [-0.05, 0) is 49.0 Å². The molecule has 0 unspecified atom stereocenters. The lowest BCUT2D eigenvalue weighted by molar-refractivity contribution is -0.116. The molecule has 0 aliphatic rings. The molecule has 0 saturated carbocycles. The molecule has 2 amide bonds. The minimum absolute atomic E-state index is 0.00974. The fraction of sp³-hybridized carbons (Fsp3) is 0.333. The molecule has 4 N–H and O–H groups in total. The van der Waals surface area contributed by atoms with Gasteiger partial charge in [0.15, 0.2) is 0 Å². The summed E-state index contributed by atoms with van der Waals surface area (Å²) in [6.45, 7) is 0.705. The first-order chi connectivity index (χ1) is 11.7. The molecule has 0 fully saturated rings. The second-order valence-corrected chi connectivity index (χ2v) is 6.46. The zero-order valence-electron chi connectivity index (χ0n) is 13.6. The SMILES string of the molecule is NCCCCCCC(=O)Nc1cccc(NC(=O)c2cccs2)c1. The maximum Gasteiger partial charge on any atom is 0.265 e. The van der Waals surface area contributed by atoms with Crippen molar-refractivity contribution in [1.29, 1.82) is 0 Å². The van der Waals surface area contributed by atoms with Crippen LogP contribution in [-0.4, -0.2) is 18.4 Å². The normalized spacial score (nSPS) is 10.4. The van der Waals surface area contributed by atoms with E-state index in [0.29, 0.717) is 29.2 Å². The molecular weight excluding hydrogens is 322 g/mol. The van der Waals surface area contributed by atoms with Gasteiger partial charge in [0.25, 0.3) is 5.91 Å². The number of rotatable bonds is 9. The summed E-state index contributed by atoms with van der Waals surface area (Å²) in [5.41, 5.74) is 6.79. The Morgan fingerprint density at radius 2 is 1.71 bits per heavy atom. The van der Waals surface area contributed by atoms with E-state index in [0.717, 1.165) is 25.7 Å². The summed E-state index contributed by atoms with van der Waals surface area (Å²) in [6, 6.07) is 10.8. The van der Waals surface area contributed by atoms with Gasteiger partial charge in [-0.15, -0.1) is 11.3 Å². The Kier molecular flexibility index (Phi) is 7.45. The summed E-state index contributed by atoms with van der Waals surface area (Å²) in [5, 5.41) is 7.56. The standard InChI is InChI=1S/C18H23N3O2S/c19-11-4-2-1-3-10-17(22)20-14-7-5-8-15(13-14)21-18(23)16-9-6-12-24-16/h5-9,12-13H,1-4,10-11,19H2,(H,20,22)(H,21,23). The van der Waals surface area contributed by atoms with Crippen LogP contribution in [-0.2, 0) is 4.79 Å². The van der Waals surface area contributed by atoms with Crippen LogP contribution in [0.25, 0.3) is 0 Å². The molecule has 0 atom stereocenters. The molecule has 5 nitrogen and oxygen atoms in total. The van der Waals surface area contributed by atoms with E-state index < -0.39 is 0 Å². The lowest BCUT2D eigenvalue weighted by atomic mass is 10.1. The number of carbonyl (C=O) groups is 2. The third kappa shape index (κ3) is 6.14. The van der Waals surface area contributed by atoms with Gasteiger partial charge in [-0.25, -0.2) is 0 Å². The molecule has 0 aliphatic heterocycles. The Labute approximate surface area is 146 Å². The molecule has 128 valence electrons. The van der Waals surface area contributed by atoms with Gasteiger partial charge in [0, 0.05) is 17.8 Å². The van der Waals surface area contributed by atoms with Crippen molar-refractivity contribution in [3.63, 3.8) is 0 Å². The minimum atomic E-state index is -0.145. The van der Waals surface area contributed by atoms with Gasteiger partial charge < -0.3 is 16.4 Å². The van der Waals surface area contributed by atoms with Crippen molar-refractivity contribution in [2.24, 2.45) is 5.73 Å². The van der Waals surface area contributed by atoms with Crippen molar-refractivity contribution in [2.75, 3.05) is 17.2 Å². The zero-order valence-corrected chi connectivity index (χ0v) is 14.4. The van der Waals surface area contributed by atoms with Gasteiger partial charge in [0.1, 0.15) is 0 Å². The highest BCUT2D eigenvalue weighted by Crippen LogP contribution is 2.18. The fourth-order valence-corrected chi connectivity index (χ4v) is 2.90. The highest BCUT2D eigenvalue weighted by molar-refractivity contribution is 7.12. The lowest BCUT2D eigenvalue weighted by Gasteiger charge is -2.08. The van der Waals surface area contributed by atoms with Crippen LogP contribution in [0.15, 0.2) is 41.8 Å². The molecule has 0 aliphatic carbocycles. The number of nitrogens with one attached hydrogen (secondary N) is 2. The van der Waals surface area contributed by atoms with E-state index in [1.54, 1.807) is 24.3 Å². The van der Waals surface area contributed by atoms with Gasteiger partial charge in [-0.1, -0.05) is 25.0 Å².